The minimum atomic E-state index is 0.691. The van der Waals surface area contributed by atoms with Gasteiger partial charge in [-0.15, -0.1) is 0 Å². The Bertz CT molecular complexity index is 797. The van der Waals surface area contributed by atoms with Gasteiger partial charge in [-0.2, -0.15) is 5.10 Å². The molecule has 0 spiro atoms. The van der Waals surface area contributed by atoms with Crippen LogP contribution in [0.5, 0.6) is 5.75 Å². The van der Waals surface area contributed by atoms with E-state index in [0.29, 0.717) is 6.54 Å². The van der Waals surface area contributed by atoms with Crippen molar-refractivity contribution in [1.82, 2.24) is 14.8 Å². The molecule has 21 heavy (non-hydrogen) atoms. The molecule has 0 aliphatic rings. The van der Waals surface area contributed by atoms with Crippen molar-refractivity contribution in [3.63, 3.8) is 0 Å². The van der Waals surface area contributed by atoms with Crippen LogP contribution in [-0.2, 0) is 6.54 Å². The fraction of sp³-hybridized carbons (Fsp3) is 0.200. The predicted molar refractivity (Wildman–Crippen MR) is 89.8 cm³/mol. The average molecular weight is 411 g/mol. The highest BCUT2D eigenvalue weighted by atomic mass is 79.9. The van der Waals surface area contributed by atoms with Crippen LogP contribution in [0.3, 0.4) is 0 Å². The lowest BCUT2D eigenvalue weighted by Gasteiger charge is -2.06. The van der Waals surface area contributed by atoms with Crippen LogP contribution in [0, 0.1) is 6.92 Å². The smallest absolute Gasteiger partial charge is 0.118 e. The molecule has 1 aromatic carbocycles. The highest BCUT2D eigenvalue weighted by Gasteiger charge is 2.13. The Kier molecular flexibility index (Phi) is 3.99. The number of fused-ring (bicyclic) bond motifs is 1. The first kappa shape index (κ1) is 14.5. The Morgan fingerprint density at radius 2 is 1.90 bits per heavy atom. The molecule has 108 valence electrons. The van der Waals surface area contributed by atoms with Crippen LogP contribution in [0.1, 0.15) is 11.3 Å². The highest BCUT2D eigenvalue weighted by molar-refractivity contribution is 9.11. The van der Waals surface area contributed by atoms with Crippen LogP contribution >= 0.6 is 31.9 Å². The Morgan fingerprint density at radius 1 is 1.19 bits per heavy atom. The van der Waals surface area contributed by atoms with Gasteiger partial charge in [-0.3, -0.25) is 4.68 Å². The lowest BCUT2D eigenvalue weighted by atomic mass is 10.2. The van der Waals surface area contributed by atoms with Crippen LogP contribution in [-0.4, -0.2) is 21.9 Å². The SMILES string of the molecule is COc1ccc(Cn2nc(C)c3nc(Br)cc(Br)c32)cc1. The van der Waals surface area contributed by atoms with Gasteiger partial charge < -0.3 is 4.74 Å². The quantitative estimate of drug-likeness (QED) is 0.603. The van der Waals surface area contributed by atoms with Gasteiger partial charge in [0.15, 0.2) is 0 Å². The van der Waals surface area contributed by atoms with Crippen LogP contribution in [0.25, 0.3) is 11.0 Å². The molecule has 2 aromatic heterocycles. The van der Waals surface area contributed by atoms with Crippen LogP contribution < -0.4 is 4.74 Å². The third-order valence-corrected chi connectivity index (χ3v) is 4.29. The average Bonchev–Trinajstić information content (AvgIpc) is 2.76. The molecular weight excluding hydrogens is 398 g/mol. The summed E-state index contributed by atoms with van der Waals surface area (Å²) < 4.78 is 8.93. The molecule has 4 nitrogen and oxygen atoms in total. The first-order valence-electron chi connectivity index (χ1n) is 6.40. The summed E-state index contributed by atoms with van der Waals surface area (Å²) in [5.41, 5.74) is 3.99. The minimum absolute atomic E-state index is 0.691. The minimum Gasteiger partial charge on any atom is -0.497 e. The molecule has 6 heteroatoms. The zero-order valence-corrected chi connectivity index (χ0v) is 14.8. The van der Waals surface area contributed by atoms with E-state index >= 15 is 0 Å². The maximum Gasteiger partial charge on any atom is 0.118 e. The number of hydrogen-bond donors (Lipinski definition) is 0. The van der Waals surface area contributed by atoms with Gasteiger partial charge in [-0.25, -0.2) is 4.98 Å². The van der Waals surface area contributed by atoms with Crippen molar-refractivity contribution in [3.8, 4) is 5.75 Å². The molecular formula is C15H13Br2N3O. The molecule has 0 aliphatic carbocycles. The number of aryl methyl sites for hydroxylation is 1. The molecule has 3 rings (SSSR count). The van der Waals surface area contributed by atoms with Gasteiger partial charge in [-0.05, 0) is 62.5 Å². The Morgan fingerprint density at radius 3 is 2.57 bits per heavy atom. The fourth-order valence-corrected chi connectivity index (χ4v) is 3.60. The van der Waals surface area contributed by atoms with Gasteiger partial charge in [-0.1, -0.05) is 12.1 Å². The second-order valence-corrected chi connectivity index (χ2v) is 6.38. The molecule has 0 bridgehead atoms. The standard InChI is InChI=1S/C15H13Br2N3O/c1-9-14-15(12(16)7-13(17)18-14)20(19-9)8-10-3-5-11(21-2)6-4-10/h3-7H,8H2,1-2H3. The second-order valence-electron chi connectivity index (χ2n) is 4.72. The zero-order valence-electron chi connectivity index (χ0n) is 11.6. The monoisotopic (exact) mass is 409 g/mol. The molecule has 0 amide bonds. The topological polar surface area (TPSA) is 39.9 Å². The Labute approximate surface area is 139 Å². The number of methoxy groups -OCH3 is 1. The van der Waals surface area contributed by atoms with Gasteiger partial charge in [0, 0.05) is 4.47 Å². The number of rotatable bonds is 3. The lowest BCUT2D eigenvalue weighted by Crippen LogP contribution is -2.02. The number of pyridine rings is 1. The van der Waals surface area contributed by atoms with Crippen molar-refractivity contribution in [2.75, 3.05) is 7.11 Å². The van der Waals surface area contributed by atoms with E-state index in [1.807, 2.05) is 41.9 Å². The molecule has 0 fully saturated rings. The summed E-state index contributed by atoms with van der Waals surface area (Å²) in [5, 5.41) is 4.60. The third-order valence-electron chi connectivity index (χ3n) is 3.28. The second kappa shape index (κ2) is 5.77. The molecule has 0 aliphatic heterocycles. The number of hydrogen-bond acceptors (Lipinski definition) is 3. The van der Waals surface area contributed by atoms with Gasteiger partial charge >= 0.3 is 0 Å². The van der Waals surface area contributed by atoms with Gasteiger partial charge in [0.25, 0.3) is 0 Å². The Hall–Kier alpha value is -1.40. The predicted octanol–water partition coefficient (Wildman–Crippen LogP) is 4.32. The van der Waals surface area contributed by atoms with E-state index in [1.165, 1.54) is 0 Å². The number of ether oxygens (including phenoxy) is 1. The largest absolute Gasteiger partial charge is 0.497 e. The van der Waals surface area contributed by atoms with E-state index in [2.05, 4.69) is 41.9 Å². The maximum atomic E-state index is 5.18. The molecule has 0 saturated heterocycles. The molecule has 0 radical (unpaired) electrons. The van der Waals surface area contributed by atoms with Crippen LogP contribution in [0.15, 0.2) is 39.4 Å². The number of benzene rings is 1. The van der Waals surface area contributed by atoms with Crippen molar-refractivity contribution >= 4 is 42.9 Å². The van der Waals surface area contributed by atoms with E-state index in [9.17, 15) is 0 Å². The summed E-state index contributed by atoms with van der Waals surface area (Å²) in [6.45, 7) is 2.66. The molecule has 2 heterocycles. The zero-order chi connectivity index (χ0) is 15.0. The highest BCUT2D eigenvalue weighted by Crippen LogP contribution is 2.28. The summed E-state index contributed by atoms with van der Waals surface area (Å²) in [6, 6.07) is 9.94. The van der Waals surface area contributed by atoms with Crippen molar-refractivity contribution < 1.29 is 4.74 Å². The molecule has 0 saturated carbocycles. The van der Waals surface area contributed by atoms with E-state index in [-0.39, 0.29) is 0 Å². The van der Waals surface area contributed by atoms with E-state index < -0.39 is 0 Å². The number of halogens is 2. The first-order chi connectivity index (χ1) is 10.1. The Balaban J connectivity index is 2.04. The number of aromatic nitrogens is 3. The molecule has 0 atom stereocenters. The molecule has 0 unspecified atom stereocenters. The fourth-order valence-electron chi connectivity index (χ4n) is 2.27. The van der Waals surface area contributed by atoms with Gasteiger partial charge in [0.05, 0.1) is 19.3 Å². The first-order valence-corrected chi connectivity index (χ1v) is 7.99. The third kappa shape index (κ3) is 2.82. The van der Waals surface area contributed by atoms with E-state index in [1.54, 1.807) is 7.11 Å². The molecule has 0 N–H and O–H groups in total. The van der Waals surface area contributed by atoms with Crippen molar-refractivity contribution in [2.45, 2.75) is 13.5 Å². The van der Waals surface area contributed by atoms with Crippen molar-refractivity contribution in [2.24, 2.45) is 0 Å². The summed E-state index contributed by atoms with van der Waals surface area (Å²) in [6.07, 6.45) is 0. The van der Waals surface area contributed by atoms with Gasteiger partial charge in [0.1, 0.15) is 21.4 Å². The summed E-state index contributed by atoms with van der Waals surface area (Å²) in [4.78, 5) is 4.51. The summed E-state index contributed by atoms with van der Waals surface area (Å²) in [7, 11) is 1.67. The van der Waals surface area contributed by atoms with Crippen LogP contribution in [0.4, 0.5) is 0 Å². The van der Waals surface area contributed by atoms with Crippen molar-refractivity contribution in [1.29, 1.82) is 0 Å². The summed E-state index contributed by atoms with van der Waals surface area (Å²) in [5.74, 6) is 0.854. The van der Waals surface area contributed by atoms with Gasteiger partial charge in [0.2, 0.25) is 0 Å². The maximum absolute atomic E-state index is 5.18. The number of nitrogens with zero attached hydrogens (tertiary/aromatic N) is 3. The molecule has 3 aromatic rings. The lowest BCUT2D eigenvalue weighted by molar-refractivity contribution is 0.414. The van der Waals surface area contributed by atoms with E-state index in [4.69, 9.17) is 4.74 Å². The van der Waals surface area contributed by atoms with E-state index in [0.717, 1.165) is 37.1 Å². The normalized spacial score (nSPS) is 11.0. The van der Waals surface area contributed by atoms with Crippen molar-refractivity contribution in [3.05, 3.63) is 50.7 Å². The van der Waals surface area contributed by atoms with Crippen LogP contribution in [0.2, 0.25) is 0 Å². The summed E-state index contributed by atoms with van der Waals surface area (Å²) >= 11 is 7.01.